The molecule has 0 aliphatic heterocycles. The van der Waals surface area contributed by atoms with E-state index in [0.29, 0.717) is 11.9 Å². The molecule has 1 atom stereocenters. The molecule has 0 saturated carbocycles. The van der Waals surface area contributed by atoms with Gasteiger partial charge in [0.05, 0.1) is 6.61 Å². The molecular formula is C11H16OS. The fourth-order valence-electron chi connectivity index (χ4n) is 1.11. The first kappa shape index (κ1) is 10.6. The van der Waals surface area contributed by atoms with Gasteiger partial charge in [0.2, 0.25) is 0 Å². The molecule has 1 unspecified atom stereocenters. The van der Waals surface area contributed by atoms with Gasteiger partial charge in [0.1, 0.15) is 0 Å². The maximum atomic E-state index is 5.30. The maximum absolute atomic E-state index is 5.30. The number of thiol groups is 1. The summed E-state index contributed by atoms with van der Waals surface area (Å²) < 4.78 is 5.30. The first-order chi connectivity index (χ1) is 6.24. The summed E-state index contributed by atoms with van der Waals surface area (Å²) in [6.07, 6.45) is 0. The Morgan fingerprint density at radius 2 is 1.92 bits per heavy atom. The molecule has 1 rings (SSSR count). The molecular weight excluding hydrogens is 180 g/mol. The standard InChI is InChI=1S/C11H16OS/c1-3-12-8-10-4-6-11(7-5-10)9(2)13/h4-7,9,13H,3,8H2,1-2H3. The molecule has 0 radical (unpaired) electrons. The average molecular weight is 196 g/mol. The normalized spacial score (nSPS) is 12.8. The van der Waals surface area contributed by atoms with E-state index >= 15 is 0 Å². The fourth-order valence-corrected chi connectivity index (χ4v) is 1.28. The largest absolute Gasteiger partial charge is 0.377 e. The van der Waals surface area contributed by atoms with Crippen molar-refractivity contribution in [1.29, 1.82) is 0 Å². The summed E-state index contributed by atoms with van der Waals surface area (Å²) >= 11 is 4.36. The van der Waals surface area contributed by atoms with Gasteiger partial charge in [0.25, 0.3) is 0 Å². The van der Waals surface area contributed by atoms with Crippen LogP contribution in [-0.4, -0.2) is 6.61 Å². The number of benzene rings is 1. The maximum Gasteiger partial charge on any atom is 0.0716 e. The summed E-state index contributed by atoms with van der Waals surface area (Å²) in [6, 6.07) is 8.40. The third-order valence-electron chi connectivity index (χ3n) is 1.93. The van der Waals surface area contributed by atoms with Gasteiger partial charge in [-0.3, -0.25) is 0 Å². The molecule has 0 N–H and O–H groups in total. The van der Waals surface area contributed by atoms with Crippen LogP contribution >= 0.6 is 12.6 Å². The first-order valence-corrected chi connectivity index (χ1v) is 5.10. The molecule has 13 heavy (non-hydrogen) atoms. The highest BCUT2D eigenvalue weighted by Gasteiger charge is 1.98. The zero-order valence-corrected chi connectivity index (χ0v) is 9.05. The van der Waals surface area contributed by atoms with E-state index < -0.39 is 0 Å². The Hall–Kier alpha value is -0.470. The van der Waals surface area contributed by atoms with Crippen LogP contribution in [0, 0.1) is 0 Å². The van der Waals surface area contributed by atoms with Gasteiger partial charge >= 0.3 is 0 Å². The van der Waals surface area contributed by atoms with E-state index in [-0.39, 0.29) is 0 Å². The van der Waals surface area contributed by atoms with Crippen LogP contribution in [-0.2, 0) is 11.3 Å². The van der Waals surface area contributed by atoms with Crippen LogP contribution in [0.5, 0.6) is 0 Å². The predicted molar refractivity (Wildman–Crippen MR) is 59.2 cm³/mol. The molecule has 0 amide bonds. The van der Waals surface area contributed by atoms with Crippen molar-refractivity contribution < 1.29 is 4.74 Å². The topological polar surface area (TPSA) is 9.23 Å². The van der Waals surface area contributed by atoms with Crippen LogP contribution in [0.25, 0.3) is 0 Å². The molecule has 2 heteroatoms. The Bertz CT molecular complexity index is 241. The summed E-state index contributed by atoms with van der Waals surface area (Å²) in [6.45, 7) is 5.55. The second-order valence-corrected chi connectivity index (χ2v) is 3.83. The highest BCUT2D eigenvalue weighted by molar-refractivity contribution is 7.80. The zero-order chi connectivity index (χ0) is 9.68. The van der Waals surface area contributed by atoms with Gasteiger partial charge in [0, 0.05) is 11.9 Å². The van der Waals surface area contributed by atoms with Crippen molar-refractivity contribution in [3.63, 3.8) is 0 Å². The minimum absolute atomic E-state index is 0.307. The minimum atomic E-state index is 0.307. The van der Waals surface area contributed by atoms with E-state index in [1.54, 1.807) is 0 Å². The van der Waals surface area contributed by atoms with E-state index in [1.807, 2.05) is 6.92 Å². The average Bonchev–Trinajstić information content (AvgIpc) is 2.15. The third-order valence-corrected chi connectivity index (χ3v) is 2.23. The van der Waals surface area contributed by atoms with Crippen molar-refractivity contribution in [1.82, 2.24) is 0 Å². The molecule has 0 aliphatic carbocycles. The van der Waals surface area contributed by atoms with E-state index in [2.05, 4.69) is 43.8 Å². The summed E-state index contributed by atoms with van der Waals surface area (Å²) in [5, 5.41) is 0.307. The molecule has 0 aliphatic rings. The number of hydrogen-bond donors (Lipinski definition) is 1. The second kappa shape index (κ2) is 5.30. The van der Waals surface area contributed by atoms with Gasteiger partial charge in [-0.25, -0.2) is 0 Å². The zero-order valence-electron chi connectivity index (χ0n) is 8.16. The minimum Gasteiger partial charge on any atom is -0.377 e. The third kappa shape index (κ3) is 3.41. The van der Waals surface area contributed by atoms with E-state index in [0.717, 1.165) is 6.61 Å². The van der Waals surface area contributed by atoms with Crippen molar-refractivity contribution in [2.24, 2.45) is 0 Å². The molecule has 1 nitrogen and oxygen atoms in total. The lowest BCUT2D eigenvalue weighted by Gasteiger charge is -2.06. The molecule has 72 valence electrons. The van der Waals surface area contributed by atoms with E-state index in [4.69, 9.17) is 4.74 Å². The monoisotopic (exact) mass is 196 g/mol. The van der Waals surface area contributed by atoms with Crippen LogP contribution in [0.3, 0.4) is 0 Å². The SMILES string of the molecule is CCOCc1ccc(C(C)S)cc1. The van der Waals surface area contributed by atoms with Crippen molar-refractivity contribution in [3.05, 3.63) is 35.4 Å². The lowest BCUT2D eigenvalue weighted by atomic mass is 10.1. The summed E-state index contributed by atoms with van der Waals surface area (Å²) in [7, 11) is 0. The van der Waals surface area contributed by atoms with E-state index in [1.165, 1.54) is 11.1 Å². The summed E-state index contributed by atoms with van der Waals surface area (Å²) in [5.74, 6) is 0. The van der Waals surface area contributed by atoms with Gasteiger partial charge < -0.3 is 4.74 Å². The Morgan fingerprint density at radius 1 is 1.31 bits per heavy atom. The number of hydrogen-bond acceptors (Lipinski definition) is 2. The second-order valence-electron chi connectivity index (χ2n) is 3.05. The molecule has 0 spiro atoms. The fraction of sp³-hybridized carbons (Fsp3) is 0.455. The van der Waals surface area contributed by atoms with Crippen LogP contribution in [0.15, 0.2) is 24.3 Å². The summed E-state index contributed by atoms with van der Waals surface area (Å²) in [4.78, 5) is 0. The van der Waals surface area contributed by atoms with Crippen LogP contribution < -0.4 is 0 Å². The Kier molecular flexibility index (Phi) is 4.33. The lowest BCUT2D eigenvalue weighted by Crippen LogP contribution is -1.92. The predicted octanol–water partition coefficient (Wildman–Crippen LogP) is 3.21. The molecule has 0 saturated heterocycles. The molecule has 1 aromatic rings. The number of ether oxygens (including phenoxy) is 1. The highest BCUT2D eigenvalue weighted by Crippen LogP contribution is 2.18. The molecule has 0 bridgehead atoms. The molecule has 0 aromatic heterocycles. The van der Waals surface area contributed by atoms with Gasteiger partial charge in [-0.1, -0.05) is 24.3 Å². The Labute approximate surface area is 85.5 Å². The number of rotatable bonds is 4. The van der Waals surface area contributed by atoms with Crippen LogP contribution in [0.4, 0.5) is 0 Å². The van der Waals surface area contributed by atoms with Crippen molar-refractivity contribution in [2.45, 2.75) is 25.7 Å². The molecule has 1 aromatic carbocycles. The van der Waals surface area contributed by atoms with Gasteiger partial charge in [0.15, 0.2) is 0 Å². The first-order valence-electron chi connectivity index (χ1n) is 4.58. The quantitative estimate of drug-likeness (QED) is 0.727. The van der Waals surface area contributed by atoms with Gasteiger partial charge in [-0.15, -0.1) is 0 Å². The smallest absolute Gasteiger partial charge is 0.0716 e. The molecule has 0 fully saturated rings. The van der Waals surface area contributed by atoms with Crippen molar-refractivity contribution >= 4 is 12.6 Å². The Morgan fingerprint density at radius 3 is 2.38 bits per heavy atom. The van der Waals surface area contributed by atoms with Gasteiger partial charge in [-0.2, -0.15) is 12.6 Å². The van der Waals surface area contributed by atoms with Crippen LogP contribution in [0.2, 0.25) is 0 Å². The van der Waals surface area contributed by atoms with Crippen molar-refractivity contribution in [3.8, 4) is 0 Å². The van der Waals surface area contributed by atoms with Gasteiger partial charge in [-0.05, 0) is 25.0 Å². The Balaban J connectivity index is 2.59. The summed E-state index contributed by atoms with van der Waals surface area (Å²) in [5.41, 5.74) is 2.48. The molecule has 0 heterocycles. The van der Waals surface area contributed by atoms with E-state index in [9.17, 15) is 0 Å². The lowest BCUT2D eigenvalue weighted by molar-refractivity contribution is 0.134. The highest BCUT2D eigenvalue weighted by atomic mass is 32.1. The van der Waals surface area contributed by atoms with Crippen LogP contribution in [0.1, 0.15) is 30.2 Å². The van der Waals surface area contributed by atoms with Crippen molar-refractivity contribution in [2.75, 3.05) is 6.61 Å².